The van der Waals surface area contributed by atoms with Crippen LogP contribution in [0, 0.1) is 0 Å². The second kappa shape index (κ2) is 5.74. The third-order valence-corrected chi connectivity index (χ3v) is 4.34. The summed E-state index contributed by atoms with van der Waals surface area (Å²) in [6.07, 6.45) is 6.23. The van der Waals surface area contributed by atoms with Crippen LogP contribution in [0.15, 0.2) is 66.9 Å². The molecule has 0 radical (unpaired) electrons. The number of fused-ring (bicyclic) bond motifs is 1. The molecule has 108 valence electrons. The molecule has 1 aliphatic heterocycles. The molecule has 2 N–H and O–H groups in total. The molecule has 2 heteroatoms. The Hall–Kier alpha value is -2.06. The normalized spacial score (nSPS) is 20.4. The van der Waals surface area contributed by atoms with Gasteiger partial charge in [-0.3, -0.25) is 0 Å². The first-order valence-corrected chi connectivity index (χ1v) is 7.61. The molecule has 0 aliphatic carbocycles. The van der Waals surface area contributed by atoms with Gasteiger partial charge in [-0.05, 0) is 36.1 Å². The molecule has 0 fully saturated rings. The zero-order valence-corrected chi connectivity index (χ0v) is 12.5. The van der Waals surface area contributed by atoms with Crippen LogP contribution in [-0.2, 0) is 12.0 Å². The summed E-state index contributed by atoms with van der Waals surface area (Å²) < 4.78 is 0. The predicted octanol–water partition coefficient (Wildman–Crippen LogP) is 3.83. The Morgan fingerprint density at radius 3 is 2.48 bits per heavy atom. The number of anilines is 1. The number of nitrogens with two attached hydrogens (primary N) is 1. The molecule has 1 atom stereocenters. The van der Waals surface area contributed by atoms with E-state index in [0.29, 0.717) is 0 Å². The van der Waals surface area contributed by atoms with E-state index in [2.05, 4.69) is 78.7 Å². The van der Waals surface area contributed by atoms with Gasteiger partial charge in [-0.25, -0.2) is 0 Å². The van der Waals surface area contributed by atoms with Crippen LogP contribution in [0.4, 0.5) is 5.69 Å². The van der Waals surface area contributed by atoms with Gasteiger partial charge in [-0.15, -0.1) is 0 Å². The molecule has 0 saturated carbocycles. The van der Waals surface area contributed by atoms with Crippen LogP contribution in [-0.4, -0.2) is 6.54 Å². The van der Waals surface area contributed by atoms with Crippen LogP contribution in [0.1, 0.15) is 24.5 Å². The molecule has 0 aromatic heterocycles. The largest absolute Gasteiger partial charge is 0.348 e. The molecule has 2 aromatic rings. The van der Waals surface area contributed by atoms with Crippen LogP contribution in [0.5, 0.6) is 0 Å². The molecule has 3 rings (SSSR count). The first-order valence-electron chi connectivity index (χ1n) is 7.61. The van der Waals surface area contributed by atoms with Crippen molar-refractivity contribution in [2.75, 3.05) is 11.4 Å². The standard InChI is InChI=1S/C19H22N2/c1-2-19(20)13-15-21(18-11-7-6-10-17(18)19)14-12-16-8-4-3-5-9-16/h3-11,13,15H,2,12,14,20H2,1H3. The molecule has 1 unspecified atom stereocenters. The number of hydrogen-bond acceptors (Lipinski definition) is 2. The van der Waals surface area contributed by atoms with Gasteiger partial charge in [0.1, 0.15) is 0 Å². The van der Waals surface area contributed by atoms with Gasteiger partial charge in [0, 0.05) is 18.4 Å². The first kappa shape index (κ1) is 13.9. The van der Waals surface area contributed by atoms with Crippen LogP contribution >= 0.6 is 0 Å². The van der Waals surface area contributed by atoms with Crippen LogP contribution in [0.2, 0.25) is 0 Å². The lowest BCUT2D eigenvalue weighted by molar-refractivity contribution is 0.530. The van der Waals surface area contributed by atoms with Crippen molar-refractivity contribution in [3.8, 4) is 0 Å². The summed E-state index contributed by atoms with van der Waals surface area (Å²) in [6.45, 7) is 3.11. The van der Waals surface area contributed by atoms with E-state index in [0.717, 1.165) is 19.4 Å². The molecule has 0 amide bonds. The van der Waals surface area contributed by atoms with Crippen molar-refractivity contribution in [2.24, 2.45) is 5.73 Å². The van der Waals surface area contributed by atoms with E-state index in [1.165, 1.54) is 16.8 Å². The van der Waals surface area contributed by atoms with E-state index in [1.807, 2.05) is 0 Å². The lowest BCUT2D eigenvalue weighted by Crippen LogP contribution is -2.39. The highest BCUT2D eigenvalue weighted by molar-refractivity contribution is 5.62. The lowest BCUT2D eigenvalue weighted by atomic mass is 9.84. The molecule has 0 bridgehead atoms. The van der Waals surface area contributed by atoms with E-state index in [4.69, 9.17) is 5.73 Å². The summed E-state index contributed by atoms with van der Waals surface area (Å²) in [7, 11) is 0. The zero-order valence-electron chi connectivity index (χ0n) is 12.5. The van der Waals surface area contributed by atoms with Crippen LogP contribution < -0.4 is 10.6 Å². The molecule has 1 aliphatic rings. The predicted molar refractivity (Wildman–Crippen MR) is 89.2 cm³/mol. The summed E-state index contributed by atoms with van der Waals surface area (Å²) in [4.78, 5) is 2.31. The number of benzene rings is 2. The summed E-state index contributed by atoms with van der Waals surface area (Å²) >= 11 is 0. The van der Waals surface area contributed by atoms with Crippen LogP contribution in [0.25, 0.3) is 0 Å². The summed E-state index contributed by atoms with van der Waals surface area (Å²) in [5, 5.41) is 0. The van der Waals surface area contributed by atoms with Crippen molar-refractivity contribution in [3.63, 3.8) is 0 Å². The fraction of sp³-hybridized carbons (Fsp3) is 0.263. The van der Waals surface area contributed by atoms with Gasteiger partial charge >= 0.3 is 0 Å². The Morgan fingerprint density at radius 2 is 1.71 bits per heavy atom. The Balaban J connectivity index is 1.83. The SMILES string of the molecule is CCC1(N)C=CN(CCc2ccccc2)c2ccccc21. The smallest absolute Gasteiger partial charge is 0.0630 e. The molecule has 0 spiro atoms. The van der Waals surface area contributed by atoms with Gasteiger partial charge in [0.05, 0.1) is 5.54 Å². The quantitative estimate of drug-likeness (QED) is 0.921. The van der Waals surface area contributed by atoms with Crippen molar-refractivity contribution < 1.29 is 0 Å². The van der Waals surface area contributed by atoms with Gasteiger partial charge < -0.3 is 10.6 Å². The molecule has 21 heavy (non-hydrogen) atoms. The summed E-state index contributed by atoms with van der Waals surface area (Å²) in [6, 6.07) is 19.1. The van der Waals surface area contributed by atoms with Crippen molar-refractivity contribution >= 4 is 5.69 Å². The van der Waals surface area contributed by atoms with Gasteiger partial charge in [-0.2, -0.15) is 0 Å². The van der Waals surface area contributed by atoms with Gasteiger partial charge in [0.2, 0.25) is 0 Å². The van der Waals surface area contributed by atoms with Gasteiger partial charge in [-0.1, -0.05) is 55.5 Å². The highest BCUT2D eigenvalue weighted by atomic mass is 15.1. The zero-order chi connectivity index (χ0) is 14.7. The minimum absolute atomic E-state index is 0.333. The first-order chi connectivity index (χ1) is 10.2. The second-order valence-electron chi connectivity index (χ2n) is 5.66. The maximum absolute atomic E-state index is 6.53. The monoisotopic (exact) mass is 278 g/mol. The minimum atomic E-state index is -0.333. The third kappa shape index (κ3) is 2.72. The van der Waals surface area contributed by atoms with Crippen molar-refractivity contribution in [2.45, 2.75) is 25.3 Å². The van der Waals surface area contributed by atoms with Crippen molar-refractivity contribution in [1.29, 1.82) is 0 Å². The van der Waals surface area contributed by atoms with Gasteiger partial charge in [0.25, 0.3) is 0 Å². The number of para-hydroxylation sites is 1. The highest BCUT2D eigenvalue weighted by Crippen LogP contribution is 2.36. The Kier molecular flexibility index (Phi) is 3.80. The Morgan fingerprint density at radius 1 is 1.00 bits per heavy atom. The molecular weight excluding hydrogens is 256 g/mol. The number of rotatable bonds is 4. The second-order valence-corrected chi connectivity index (χ2v) is 5.66. The van der Waals surface area contributed by atoms with E-state index >= 15 is 0 Å². The maximum atomic E-state index is 6.53. The third-order valence-electron chi connectivity index (χ3n) is 4.34. The Labute approximate surface area is 126 Å². The van der Waals surface area contributed by atoms with E-state index in [1.54, 1.807) is 0 Å². The topological polar surface area (TPSA) is 29.3 Å². The Bertz CT molecular complexity index is 633. The minimum Gasteiger partial charge on any atom is -0.348 e. The summed E-state index contributed by atoms with van der Waals surface area (Å²) in [5.41, 5.74) is 10.0. The molecule has 2 nitrogen and oxygen atoms in total. The van der Waals surface area contributed by atoms with E-state index in [9.17, 15) is 0 Å². The molecular formula is C19H22N2. The fourth-order valence-corrected chi connectivity index (χ4v) is 2.91. The van der Waals surface area contributed by atoms with Crippen molar-refractivity contribution in [1.82, 2.24) is 0 Å². The summed E-state index contributed by atoms with van der Waals surface area (Å²) in [5.74, 6) is 0. The van der Waals surface area contributed by atoms with E-state index in [-0.39, 0.29) is 5.54 Å². The maximum Gasteiger partial charge on any atom is 0.0630 e. The molecule has 0 saturated heterocycles. The average molecular weight is 278 g/mol. The average Bonchev–Trinajstić information content (AvgIpc) is 2.55. The number of nitrogens with zero attached hydrogens (tertiary/aromatic N) is 1. The fourth-order valence-electron chi connectivity index (χ4n) is 2.91. The van der Waals surface area contributed by atoms with Crippen molar-refractivity contribution in [3.05, 3.63) is 78.0 Å². The molecule has 2 aromatic carbocycles. The highest BCUT2D eigenvalue weighted by Gasteiger charge is 2.29. The van der Waals surface area contributed by atoms with Gasteiger partial charge in [0.15, 0.2) is 0 Å². The van der Waals surface area contributed by atoms with Crippen LogP contribution in [0.3, 0.4) is 0 Å². The lowest BCUT2D eigenvalue weighted by Gasteiger charge is -2.36. The van der Waals surface area contributed by atoms with E-state index < -0.39 is 0 Å². The number of hydrogen-bond donors (Lipinski definition) is 1. The molecule has 1 heterocycles.